The number of hydrogen-bond donors (Lipinski definition) is 2. The Morgan fingerprint density at radius 2 is 2.12 bits per heavy atom. The van der Waals surface area contributed by atoms with E-state index in [0.717, 1.165) is 6.42 Å². The Kier molecular flexibility index (Phi) is 2.73. The molecule has 16 heavy (non-hydrogen) atoms. The molecule has 0 radical (unpaired) electrons. The smallest absolute Gasteiger partial charge is 0.285 e. The quantitative estimate of drug-likeness (QED) is 0.756. The maximum atomic E-state index is 11.7. The zero-order valence-corrected chi connectivity index (χ0v) is 9.45. The van der Waals surface area contributed by atoms with Crippen LogP contribution in [0.15, 0.2) is 22.4 Å². The molecule has 0 aliphatic carbocycles. The van der Waals surface area contributed by atoms with E-state index in [2.05, 4.69) is 25.0 Å². The zero-order valence-electron chi connectivity index (χ0n) is 8.64. The van der Waals surface area contributed by atoms with Crippen LogP contribution < -0.4 is 10.0 Å². The van der Waals surface area contributed by atoms with Crippen molar-refractivity contribution in [2.45, 2.75) is 18.4 Å². The molecule has 8 heteroatoms. The summed E-state index contributed by atoms with van der Waals surface area (Å²) in [6, 6.07) is 0. The van der Waals surface area contributed by atoms with Crippen LogP contribution in [0.4, 0.5) is 5.82 Å². The van der Waals surface area contributed by atoms with Gasteiger partial charge in [-0.3, -0.25) is 4.99 Å². The highest BCUT2D eigenvalue weighted by Gasteiger charge is 2.28. The van der Waals surface area contributed by atoms with E-state index in [9.17, 15) is 8.42 Å². The van der Waals surface area contributed by atoms with Crippen molar-refractivity contribution in [2.75, 3.05) is 11.9 Å². The molecule has 0 spiro atoms. The summed E-state index contributed by atoms with van der Waals surface area (Å²) in [5.41, 5.74) is 0. The minimum absolute atomic E-state index is 0.106. The summed E-state index contributed by atoms with van der Waals surface area (Å²) >= 11 is 0. The van der Waals surface area contributed by atoms with Gasteiger partial charge in [0, 0.05) is 18.9 Å². The largest absolute Gasteiger partial charge is 0.308 e. The number of anilines is 1. The number of sulfonamides is 1. The highest BCUT2D eigenvalue weighted by atomic mass is 32.2. The van der Waals surface area contributed by atoms with Crippen molar-refractivity contribution in [2.24, 2.45) is 4.99 Å². The number of nitrogens with zero attached hydrogens (tertiary/aromatic N) is 3. The lowest BCUT2D eigenvalue weighted by Crippen LogP contribution is -2.41. The summed E-state index contributed by atoms with van der Waals surface area (Å²) < 4.78 is 25.7. The van der Waals surface area contributed by atoms with Crippen molar-refractivity contribution in [3.8, 4) is 0 Å². The number of guanidine groups is 1. The van der Waals surface area contributed by atoms with Gasteiger partial charge in [0.25, 0.3) is 10.0 Å². The fraction of sp³-hybridized carbons (Fsp3) is 0.375. The second kappa shape index (κ2) is 4.05. The topological polar surface area (TPSA) is 96.3 Å². The van der Waals surface area contributed by atoms with E-state index in [-0.39, 0.29) is 16.8 Å². The van der Waals surface area contributed by atoms with Crippen molar-refractivity contribution in [3.63, 3.8) is 0 Å². The van der Waals surface area contributed by atoms with Crippen LogP contribution in [0.2, 0.25) is 0 Å². The van der Waals surface area contributed by atoms with Gasteiger partial charge < -0.3 is 5.32 Å². The van der Waals surface area contributed by atoms with Gasteiger partial charge in [-0.15, -0.1) is 0 Å². The Morgan fingerprint density at radius 3 is 2.88 bits per heavy atom. The first-order chi connectivity index (χ1) is 7.63. The Bertz CT molecular complexity index is 525. The summed E-state index contributed by atoms with van der Waals surface area (Å²) in [7, 11) is -3.64. The molecular formula is C8H11N5O2S. The van der Waals surface area contributed by atoms with Crippen LogP contribution in [-0.2, 0) is 10.0 Å². The zero-order chi connectivity index (χ0) is 11.6. The first-order valence-electron chi connectivity index (χ1n) is 4.79. The number of hydrogen-bond acceptors (Lipinski definition) is 5. The second-order valence-corrected chi connectivity index (χ2v) is 4.77. The van der Waals surface area contributed by atoms with E-state index in [0.29, 0.717) is 6.54 Å². The molecule has 0 unspecified atom stereocenters. The molecule has 0 fully saturated rings. The van der Waals surface area contributed by atoms with Crippen LogP contribution in [-0.4, -0.2) is 30.9 Å². The van der Waals surface area contributed by atoms with Crippen molar-refractivity contribution in [1.82, 2.24) is 14.7 Å². The van der Waals surface area contributed by atoms with Gasteiger partial charge in [-0.2, -0.15) is 8.42 Å². The normalized spacial score (nSPS) is 19.7. The fourth-order valence-corrected chi connectivity index (χ4v) is 2.24. The summed E-state index contributed by atoms with van der Waals surface area (Å²) in [6.07, 6.45) is 3.58. The molecular weight excluding hydrogens is 230 g/mol. The number of nitrogens with one attached hydrogen (secondary N) is 2. The summed E-state index contributed by atoms with van der Waals surface area (Å²) in [5.74, 6) is 0.394. The molecule has 2 rings (SSSR count). The van der Waals surface area contributed by atoms with Gasteiger partial charge in [0.05, 0.1) is 0 Å². The van der Waals surface area contributed by atoms with Gasteiger partial charge in [0.1, 0.15) is 0 Å². The molecule has 0 bridgehead atoms. The van der Waals surface area contributed by atoms with Crippen LogP contribution in [0.5, 0.6) is 0 Å². The van der Waals surface area contributed by atoms with Crippen LogP contribution in [0.25, 0.3) is 0 Å². The molecule has 7 nitrogen and oxygen atoms in total. The molecule has 0 amide bonds. The summed E-state index contributed by atoms with van der Waals surface area (Å²) in [5, 5.41) is 2.67. The van der Waals surface area contributed by atoms with E-state index in [4.69, 9.17) is 0 Å². The van der Waals surface area contributed by atoms with Crippen LogP contribution in [0.3, 0.4) is 0 Å². The Balaban J connectivity index is 2.41. The average Bonchev–Trinajstić information content (AvgIpc) is 2.25. The predicted molar refractivity (Wildman–Crippen MR) is 58.6 cm³/mol. The molecule has 0 saturated heterocycles. The molecule has 2 N–H and O–H groups in total. The minimum atomic E-state index is -3.64. The third-order valence-corrected chi connectivity index (χ3v) is 3.15. The van der Waals surface area contributed by atoms with Gasteiger partial charge in [0.2, 0.25) is 11.0 Å². The van der Waals surface area contributed by atoms with Gasteiger partial charge in [-0.25, -0.2) is 14.7 Å². The highest BCUT2D eigenvalue weighted by Crippen LogP contribution is 2.18. The molecule has 0 saturated carbocycles. The average molecular weight is 241 g/mol. The van der Waals surface area contributed by atoms with E-state index in [1.165, 1.54) is 12.4 Å². The number of rotatable bonds is 2. The number of aliphatic imine (C=N–C) groups is 1. The van der Waals surface area contributed by atoms with Crippen LogP contribution >= 0.6 is 0 Å². The third-order valence-electron chi connectivity index (χ3n) is 1.88. The molecule has 86 valence electrons. The first kappa shape index (κ1) is 10.8. The summed E-state index contributed by atoms with van der Waals surface area (Å²) in [6.45, 7) is 2.50. The highest BCUT2D eigenvalue weighted by molar-refractivity contribution is 7.90. The monoisotopic (exact) mass is 241 g/mol. The van der Waals surface area contributed by atoms with E-state index < -0.39 is 10.0 Å². The van der Waals surface area contributed by atoms with Gasteiger partial charge >= 0.3 is 0 Å². The molecule has 1 aromatic rings. The van der Waals surface area contributed by atoms with Crippen molar-refractivity contribution in [1.29, 1.82) is 0 Å². The van der Waals surface area contributed by atoms with E-state index >= 15 is 0 Å². The lowest BCUT2D eigenvalue weighted by Gasteiger charge is -2.18. The molecule has 1 aromatic heterocycles. The van der Waals surface area contributed by atoms with Crippen molar-refractivity contribution < 1.29 is 8.42 Å². The lowest BCUT2D eigenvalue weighted by atomic mass is 10.5. The standard InChI is InChI=1S/C8H11N5O2S/c1-2-3-11-8-12-6-7(10-5-4-9-6)16(14,15)13-8/h4-5H,2-3H2,1H3,(H2,9,11,12,13). The third kappa shape index (κ3) is 1.96. The Hall–Kier alpha value is -1.70. The molecule has 0 aromatic carbocycles. The van der Waals surface area contributed by atoms with Crippen LogP contribution in [0, 0.1) is 0 Å². The Morgan fingerprint density at radius 1 is 1.38 bits per heavy atom. The van der Waals surface area contributed by atoms with Crippen molar-refractivity contribution in [3.05, 3.63) is 12.4 Å². The van der Waals surface area contributed by atoms with Gasteiger partial charge in [-0.1, -0.05) is 6.92 Å². The minimum Gasteiger partial charge on any atom is -0.308 e. The molecule has 2 heterocycles. The molecule has 1 aliphatic heterocycles. The Labute approximate surface area is 93.1 Å². The predicted octanol–water partition coefficient (Wildman–Crippen LogP) is -0.0536. The van der Waals surface area contributed by atoms with Crippen molar-refractivity contribution >= 4 is 21.8 Å². The van der Waals surface area contributed by atoms with E-state index in [1.807, 2.05) is 6.92 Å². The second-order valence-electron chi connectivity index (χ2n) is 3.17. The lowest BCUT2D eigenvalue weighted by molar-refractivity contribution is 0.587. The molecule has 1 aliphatic rings. The van der Waals surface area contributed by atoms with Gasteiger partial charge in [0.15, 0.2) is 5.82 Å². The fourth-order valence-electron chi connectivity index (χ4n) is 1.22. The molecule has 0 atom stereocenters. The van der Waals surface area contributed by atoms with Crippen LogP contribution in [0.1, 0.15) is 13.3 Å². The van der Waals surface area contributed by atoms with Gasteiger partial charge in [-0.05, 0) is 6.42 Å². The summed E-state index contributed by atoms with van der Waals surface area (Å²) in [4.78, 5) is 11.7. The van der Waals surface area contributed by atoms with E-state index in [1.54, 1.807) is 0 Å². The number of fused-ring (bicyclic) bond motifs is 1. The SMILES string of the molecule is CCCN=C1Nc2nccnc2S(=O)(=O)N1. The maximum absolute atomic E-state index is 11.7. The number of aromatic nitrogens is 2. The maximum Gasteiger partial charge on any atom is 0.285 e. The first-order valence-corrected chi connectivity index (χ1v) is 6.27.